The Kier molecular flexibility index (Phi) is 2.95. The van der Waals surface area contributed by atoms with E-state index in [9.17, 15) is 0 Å². The molecule has 0 aliphatic heterocycles. The molecule has 0 aromatic carbocycles. The molecule has 22 heavy (non-hydrogen) atoms. The summed E-state index contributed by atoms with van der Waals surface area (Å²) in [5, 5.41) is 4.20. The summed E-state index contributed by atoms with van der Waals surface area (Å²) in [4.78, 5) is 12.5. The van der Waals surface area contributed by atoms with Crippen molar-refractivity contribution in [2.24, 2.45) is 13.0 Å². The highest BCUT2D eigenvalue weighted by molar-refractivity contribution is 5.67. The molecule has 8 nitrogen and oxygen atoms in total. The molecule has 4 rings (SSSR count). The Morgan fingerprint density at radius 3 is 2.95 bits per heavy atom. The average molecular weight is 301 g/mol. The first-order valence-electron chi connectivity index (χ1n) is 7.12. The van der Waals surface area contributed by atoms with E-state index in [1.165, 1.54) is 12.8 Å². The summed E-state index contributed by atoms with van der Waals surface area (Å²) in [6.45, 7) is 2.52. The third-order valence-electron chi connectivity index (χ3n) is 3.40. The second-order valence-corrected chi connectivity index (χ2v) is 5.43. The minimum absolute atomic E-state index is 0.181. The number of fused-ring (bicyclic) bond motifs is 1. The lowest BCUT2D eigenvalue weighted by molar-refractivity contribution is 0.224. The standard InChI is InChI=1S/C14H15N5O3/c1-8-5-11(19(2)18-8)21-13-15-6-10-12(17-13)22-14(16-10)20-7-9-3-4-9/h5-6,9H,3-4,7H2,1-2H3. The molecule has 0 unspecified atom stereocenters. The van der Waals surface area contributed by atoms with E-state index >= 15 is 0 Å². The molecule has 0 saturated heterocycles. The summed E-state index contributed by atoms with van der Waals surface area (Å²) < 4.78 is 18.2. The van der Waals surface area contributed by atoms with Gasteiger partial charge in [-0.2, -0.15) is 15.1 Å². The van der Waals surface area contributed by atoms with Crippen LogP contribution in [0.3, 0.4) is 0 Å². The Hall–Kier alpha value is -2.64. The molecule has 0 amide bonds. The van der Waals surface area contributed by atoms with Gasteiger partial charge in [0.15, 0.2) is 5.52 Å². The van der Waals surface area contributed by atoms with Gasteiger partial charge in [0.25, 0.3) is 5.71 Å². The Balaban J connectivity index is 1.55. The number of oxazole rings is 1. The number of hydrogen-bond acceptors (Lipinski definition) is 7. The van der Waals surface area contributed by atoms with E-state index in [0.717, 1.165) is 5.69 Å². The van der Waals surface area contributed by atoms with Crippen LogP contribution in [0.2, 0.25) is 0 Å². The molecule has 3 aromatic heterocycles. The van der Waals surface area contributed by atoms with Crippen LogP contribution < -0.4 is 9.47 Å². The first-order chi connectivity index (χ1) is 10.7. The first kappa shape index (κ1) is 13.1. The van der Waals surface area contributed by atoms with Gasteiger partial charge < -0.3 is 13.9 Å². The summed E-state index contributed by atoms with van der Waals surface area (Å²) in [6, 6.07) is 1.98. The summed E-state index contributed by atoms with van der Waals surface area (Å²) in [5.74, 6) is 1.19. The lowest BCUT2D eigenvalue weighted by Crippen LogP contribution is -1.98. The number of ether oxygens (including phenoxy) is 2. The summed E-state index contributed by atoms with van der Waals surface area (Å²) >= 11 is 0. The predicted molar refractivity (Wildman–Crippen MR) is 75.8 cm³/mol. The van der Waals surface area contributed by atoms with Gasteiger partial charge in [-0.15, -0.1) is 0 Å². The second kappa shape index (κ2) is 4.97. The van der Waals surface area contributed by atoms with E-state index in [0.29, 0.717) is 29.6 Å². The van der Waals surface area contributed by atoms with Crippen molar-refractivity contribution in [1.29, 1.82) is 0 Å². The third-order valence-corrected chi connectivity index (χ3v) is 3.40. The van der Waals surface area contributed by atoms with Crippen molar-refractivity contribution in [2.45, 2.75) is 19.8 Å². The molecule has 0 spiro atoms. The van der Waals surface area contributed by atoms with Gasteiger partial charge >= 0.3 is 12.1 Å². The SMILES string of the molecule is Cc1cc(Oc2ncc3nc(OCC4CC4)oc3n2)n(C)n1. The molecule has 0 N–H and O–H groups in total. The normalized spacial score (nSPS) is 14.5. The zero-order valence-corrected chi connectivity index (χ0v) is 12.3. The first-order valence-corrected chi connectivity index (χ1v) is 7.12. The molecular weight excluding hydrogens is 286 g/mol. The molecule has 1 aliphatic carbocycles. The minimum Gasteiger partial charge on any atom is -0.450 e. The molecule has 3 aromatic rings. The van der Waals surface area contributed by atoms with Gasteiger partial charge in [0.2, 0.25) is 5.88 Å². The smallest absolute Gasteiger partial charge is 0.396 e. The Bertz CT molecular complexity index is 821. The van der Waals surface area contributed by atoms with Crippen molar-refractivity contribution in [1.82, 2.24) is 24.7 Å². The van der Waals surface area contributed by atoms with Crippen molar-refractivity contribution in [3.8, 4) is 18.0 Å². The van der Waals surface area contributed by atoms with Crippen LogP contribution in [-0.4, -0.2) is 31.3 Å². The quantitative estimate of drug-likeness (QED) is 0.714. The highest BCUT2D eigenvalue weighted by Gasteiger charge is 2.23. The van der Waals surface area contributed by atoms with E-state index in [-0.39, 0.29) is 12.1 Å². The maximum absolute atomic E-state index is 5.61. The molecular formula is C14H15N5O3. The van der Waals surface area contributed by atoms with Gasteiger partial charge in [-0.1, -0.05) is 0 Å². The highest BCUT2D eigenvalue weighted by atomic mass is 16.6. The van der Waals surface area contributed by atoms with E-state index in [2.05, 4.69) is 20.1 Å². The number of aromatic nitrogens is 5. The van der Waals surface area contributed by atoms with E-state index in [1.54, 1.807) is 24.0 Å². The van der Waals surface area contributed by atoms with Crippen molar-refractivity contribution in [2.75, 3.05) is 6.61 Å². The van der Waals surface area contributed by atoms with Gasteiger partial charge in [0.1, 0.15) is 0 Å². The fraction of sp³-hybridized carbons (Fsp3) is 0.429. The van der Waals surface area contributed by atoms with Crippen molar-refractivity contribution >= 4 is 11.2 Å². The average Bonchev–Trinajstić information content (AvgIpc) is 3.14. The van der Waals surface area contributed by atoms with Crippen molar-refractivity contribution < 1.29 is 13.9 Å². The zero-order chi connectivity index (χ0) is 15.1. The van der Waals surface area contributed by atoms with Gasteiger partial charge in [0, 0.05) is 13.1 Å². The van der Waals surface area contributed by atoms with E-state index in [1.807, 2.05) is 6.92 Å². The largest absolute Gasteiger partial charge is 0.450 e. The van der Waals surface area contributed by atoms with Crippen LogP contribution in [0.4, 0.5) is 0 Å². The molecule has 0 atom stereocenters. The van der Waals surface area contributed by atoms with E-state index in [4.69, 9.17) is 13.9 Å². The summed E-state index contributed by atoms with van der Waals surface area (Å²) in [7, 11) is 1.79. The van der Waals surface area contributed by atoms with Crippen molar-refractivity contribution in [3.63, 3.8) is 0 Å². The maximum Gasteiger partial charge on any atom is 0.396 e. The lowest BCUT2D eigenvalue weighted by atomic mass is 10.5. The number of aryl methyl sites for hydroxylation is 2. The fourth-order valence-corrected chi connectivity index (χ4v) is 2.06. The fourth-order valence-electron chi connectivity index (χ4n) is 2.06. The Morgan fingerprint density at radius 1 is 1.36 bits per heavy atom. The molecule has 0 radical (unpaired) electrons. The second-order valence-electron chi connectivity index (χ2n) is 5.43. The monoisotopic (exact) mass is 301 g/mol. The predicted octanol–water partition coefficient (Wildman–Crippen LogP) is 2.24. The Morgan fingerprint density at radius 2 is 2.23 bits per heavy atom. The van der Waals surface area contributed by atoms with Crippen molar-refractivity contribution in [3.05, 3.63) is 18.0 Å². The molecule has 114 valence electrons. The van der Waals surface area contributed by atoms with Gasteiger partial charge in [-0.25, -0.2) is 9.67 Å². The zero-order valence-electron chi connectivity index (χ0n) is 12.3. The van der Waals surface area contributed by atoms with Gasteiger partial charge in [0.05, 0.1) is 18.5 Å². The van der Waals surface area contributed by atoms with Crippen LogP contribution in [0, 0.1) is 12.8 Å². The van der Waals surface area contributed by atoms with E-state index < -0.39 is 0 Å². The topological polar surface area (TPSA) is 88.1 Å². The molecule has 8 heteroatoms. The molecule has 1 fully saturated rings. The third kappa shape index (κ3) is 2.59. The van der Waals surface area contributed by atoms with Crippen LogP contribution in [0.25, 0.3) is 11.2 Å². The molecule has 3 heterocycles. The lowest BCUT2D eigenvalue weighted by Gasteiger charge is -2.01. The highest BCUT2D eigenvalue weighted by Crippen LogP contribution is 2.30. The van der Waals surface area contributed by atoms with Crippen LogP contribution in [0.15, 0.2) is 16.7 Å². The Labute approximate surface area is 126 Å². The summed E-state index contributed by atoms with van der Waals surface area (Å²) in [6.07, 6.45) is 4.20. The number of nitrogens with zero attached hydrogens (tertiary/aromatic N) is 5. The van der Waals surface area contributed by atoms with Crippen LogP contribution in [0.5, 0.6) is 18.0 Å². The molecule has 1 aliphatic rings. The molecule has 1 saturated carbocycles. The van der Waals surface area contributed by atoms with Crippen LogP contribution in [0.1, 0.15) is 18.5 Å². The molecule has 0 bridgehead atoms. The van der Waals surface area contributed by atoms with Gasteiger partial charge in [-0.3, -0.25) is 0 Å². The number of rotatable bonds is 5. The van der Waals surface area contributed by atoms with Gasteiger partial charge in [-0.05, 0) is 25.7 Å². The van der Waals surface area contributed by atoms with Crippen LogP contribution in [-0.2, 0) is 7.05 Å². The summed E-state index contributed by atoms with van der Waals surface area (Å²) in [5.41, 5.74) is 1.74. The van der Waals surface area contributed by atoms with Crippen LogP contribution >= 0.6 is 0 Å². The maximum atomic E-state index is 5.61. The number of hydrogen-bond donors (Lipinski definition) is 0. The minimum atomic E-state index is 0.181.